The minimum absolute atomic E-state index is 0.0215. The number of nitrogens with one attached hydrogen (secondary N) is 1. The summed E-state index contributed by atoms with van der Waals surface area (Å²) in [5, 5.41) is 26.1. The topological polar surface area (TPSA) is 108 Å². The number of hydrazone groups is 1. The van der Waals surface area contributed by atoms with Gasteiger partial charge in [-0.1, -0.05) is 30.0 Å². The van der Waals surface area contributed by atoms with Crippen molar-refractivity contribution in [1.29, 1.82) is 0 Å². The lowest BCUT2D eigenvalue weighted by Gasteiger charge is -2.29. The van der Waals surface area contributed by atoms with Crippen molar-refractivity contribution in [3.8, 4) is 0 Å². The fourth-order valence-electron chi connectivity index (χ4n) is 2.74. The van der Waals surface area contributed by atoms with Gasteiger partial charge in [0.2, 0.25) is 0 Å². The molecule has 2 heterocycles. The average Bonchev–Trinajstić information content (AvgIpc) is 2.63. The fraction of sp³-hybridized carbons (Fsp3) is 0.375. The SMILES string of the molecule is O=C1CSC(C2=CCN(CC(O)c3cccc([N+](=O)[O-])c3)CC2)=NN1. The number of aliphatic hydroxyl groups excluding tert-OH is 1. The van der Waals surface area contributed by atoms with Gasteiger partial charge in [-0.25, -0.2) is 5.43 Å². The Bertz CT molecular complexity index is 749. The molecule has 1 atom stereocenters. The molecule has 2 aliphatic rings. The number of β-amino-alcohol motifs (C(OH)–C–C–N with tert-alkyl or cyclic N) is 1. The van der Waals surface area contributed by atoms with Crippen LogP contribution in [0.2, 0.25) is 0 Å². The number of amides is 1. The monoisotopic (exact) mass is 362 g/mol. The van der Waals surface area contributed by atoms with Gasteiger partial charge in [0.15, 0.2) is 0 Å². The van der Waals surface area contributed by atoms with Gasteiger partial charge in [0, 0.05) is 31.8 Å². The number of hydrogen-bond donors (Lipinski definition) is 2. The second-order valence-electron chi connectivity index (χ2n) is 5.85. The highest BCUT2D eigenvalue weighted by Crippen LogP contribution is 2.24. The third kappa shape index (κ3) is 4.44. The second-order valence-corrected chi connectivity index (χ2v) is 6.81. The van der Waals surface area contributed by atoms with Crippen molar-refractivity contribution in [2.24, 2.45) is 5.10 Å². The van der Waals surface area contributed by atoms with Crippen molar-refractivity contribution in [1.82, 2.24) is 10.3 Å². The van der Waals surface area contributed by atoms with Crippen LogP contribution in [0.5, 0.6) is 0 Å². The van der Waals surface area contributed by atoms with Crippen molar-refractivity contribution in [3.63, 3.8) is 0 Å². The normalized spacial score (nSPS) is 19.6. The number of carbonyl (C=O) groups excluding carboxylic acids is 1. The highest BCUT2D eigenvalue weighted by Gasteiger charge is 2.22. The quantitative estimate of drug-likeness (QED) is 0.606. The predicted octanol–water partition coefficient (Wildman–Crippen LogP) is 1.44. The zero-order valence-electron chi connectivity index (χ0n) is 13.4. The molecule has 0 spiro atoms. The van der Waals surface area contributed by atoms with Gasteiger partial charge >= 0.3 is 0 Å². The number of rotatable bonds is 5. The van der Waals surface area contributed by atoms with Crippen LogP contribution in [0.25, 0.3) is 0 Å². The summed E-state index contributed by atoms with van der Waals surface area (Å²) in [5.74, 6) is 0.289. The van der Waals surface area contributed by atoms with E-state index in [-0.39, 0.29) is 11.6 Å². The number of nitro groups is 1. The smallest absolute Gasteiger partial charge is 0.269 e. The second kappa shape index (κ2) is 7.77. The molecule has 1 amide bonds. The molecule has 1 aromatic rings. The van der Waals surface area contributed by atoms with Crippen LogP contribution in [0.1, 0.15) is 18.1 Å². The summed E-state index contributed by atoms with van der Waals surface area (Å²) in [6.07, 6.45) is 2.05. The number of nitrogens with zero attached hydrogens (tertiary/aromatic N) is 3. The first-order chi connectivity index (χ1) is 12.0. The summed E-state index contributed by atoms with van der Waals surface area (Å²) in [6, 6.07) is 6.09. The summed E-state index contributed by atoms with van der Waals surface area (Å²) < 4.78 is 0. The van der Waals surface area contributed by atoms with Gasteiger partial charge in [0.1, 0.15) is 5.04 Å². The Labute approximate surface area is 148 Å². The van der Waals surface area contributed by atoms with Crippen LogP contribution in [0, 0.1) is 10.1 Å². The number of carbonyl (C=O) groups is 1. The largest absolute Gasteiger partial charge is 0.387 e. The van der Waals surface area contributed by atoms with Gasteiger partial charge in [-0.3, -0.25) is 19.8 Å². The van der Waals surface area contributed by atoms with Crippen LogP contribution in [0.4, 0.5) is 5.69 Å². The first-order valence-corrected chi connectivity index (χ1v) is 8.85. The van der Waals surface area contributed by atoms with Crippen LogP contribution >= 0.6 is 11.8 Å². The maximum atomic E-state index is 11.1. The zero-order chi connectivity index (χ0) is 17.8. The molecule has 1 aromatic carbocycles. The van der Waals surface area contributed by atoms with Gasteiger partial charge in [0.05, 0.1) is 16.8 Å². The summed E-state index contributed by atoms with van der Waals surface area (Å²) >= 11 is 1.43. The Hall–Kier alpha value is -2.23. The van der Waals surface area contributed by atoms with Gasteiger partial charge in [-0.2, -0.15) is 5.10 Å². The van der Waals surface area contributed by atoms with E-state index in [1.807, 2.05) is 6.08 Å². The minimum atomic E-state index is -0.782. The molecule has 0 aromatic heterocycles. The molecule has 0 saturated carbocycles. The predicted molar refractivity (Wildman–Crippen MR) is 95.2 cm³/mol. The maximum Gasteiger partial charge on any atom is 0.269 e. The number of aliphatic hydroxyl groups is 1. The van der Waals surface area contributed by atoms with E-state index in [0.717, 1.165) is 23.6 Å². The Kier molecular flexibility index (Phi) is 5.47. The van der Waals surface area contributed by atoms with E-state index < -0.39 is 11.0 Å². The Morgan fingerprint density at radius 2 is 2.32 bits per heavy atom. The standard InChI is InChI=1S/C16H18N4O4S/c21-14(12-2-1-3-13(8-12)20(23)24)9-19-6-4-11(5-7-19)16-18-17-15(22)10-25-16/h1-4,8,14,21H,5-7,9-10H2,(H,17,22). The summed E-state index contributed by atoms with van der Waals surface area (Å²) in [4.78, 5) is 23.6. The zero-order valence-corrected chi connectivity index (χ0v) is 14.2. The van der Waals surface area contributed by atoms with E-state index in [1.165, 1.54) is 23.9 Å². The molecule has 0 bridgehead atoms. The Balaban J connectivity index is 1.59. The third-order valence-electron chi connectivity index (χ3n) is 4.09. The first-order valence-electron chi connectivity index (χ1n) is 7.86. The van der Waals surface area contributed by atoms with Crippen LogP contribution < -0.4 is 5.43 Å². The van der Waals surface area contributed by atoms with Gasteiger partial charge in [-0.05, 0) is 17.6 Å². The highest BCUT2D eigenvalue weighted by atomic mass is 32.2. The molecule has 2 aliphatic heterocycles. The molecule has 0 aliphatic carbocycles. The Morgan fingerprint density at radius 1 is 1.48 bits per heavy atom. The lowest BCUT2D eigenvalue weighted by molar-refractivity contribution is -0.385. The first kappa shape index (κ1) is 17.6. The number of hydrogen-bond acceptors (Lipinski definition) is 7. The van der Waals surface area contributed by atoms with E-state index in [0.29, 0.717) is 24.4 Å². The van der Waals surface area contributed by atoms with E-state index in [4.69, 9.17) is 0 Å². The number of benzene rings is 1. The lowest BCUT2D eigenvalue weighted by Crippen LogP contribution is -2.34. The summed E-state index contributed by atoms with van der Waals surface area (Å²) in [7, 11) is 0. The molecule has 0 fully saturated rings. The van der Waals surface area contributed by atoms with Crippen LogP contribution in [0.3, 0.4) is 0 Å². The van der Waals surface area contributed by atoms with Crippen LogP contribution in [-0.4, -0.2) is 51.3 Å². The molecule has 0 radical (unpaired) electrons. The third-order valence-corrected chi connectivity index (χ3v) is 5.12. The van der Waals surface area contributed by atoms with E-state index in [1.54, 1.807) is 12.1 Å². The van der Waals surface area contributed by atoms with E-state index >= 15 is 0 Å². The lowest BCUT2D eigenvalue weighted by atomic mass is 10.1. The van der Waals surface area contributed by atoms with Crippen molar-refractivity contribution in [3.05, 3.63) is 51.6 Å². The number of nitro benzene ring substituents is 1. The molecule has 25 heavy (non-hydrogen) atoms. The summed E-state index contributed by atoms with van der Waals surface area (Å²) in [6.45, 7) is 1.82. The molecule has 132 valence electrons. The molecule has 1 unspecified atom stereocenters. The minimum Gasteiger partial charge on any atom is -0.387 e. The van der Waals surface area contributed by atoms with Crippen molar-refractivity contribution in [2.45, 2.75) is 12.5 Å². The molecule has 9 heteroatoms. The molecule has 2 N–H and O–H groups in total. The van der Waals surface area contributed by atoms with E-state index in [9.17, 15) is 20.0 Å². The highest BCUT2D eigenvalue weighted by molar-refractivity contribution is 8.15. The van der Waals surface area contributed by atoms with Crippen molar-refractivity contribution in [2.75, 3.05) is 25.4 Å². The fourth-order valence-corrected chi connectivity index (χ4v) is 3.56. The summed E-state index contributed by atoms with van der Waals surface area (Å²) in [5.41, 5.74) is 4.11. The van der Waals surface area contributed by atoms with Crippen LogP contribution in [-0.2, 0) is 4.79 Å². The van der Waals surface area contributed by atoms with Crippen LogP contribution in [0.15, 0.2) is 41.0 Å². The maximum absolute atomic E-state index is 11.1. The molecule has 3 rings (SSSR count). The molecule has 8 nitrogen and oxygen atoms in total. The van der Waals surface area contributed by atoms with Gasteiger partial charge in [0.25, 0.3) is 11.6 Å². The number of non-ortho nitro benzene ring substituents is 1. The number of thioether (sulfide) groups is 1. The van der Waals surface area contributed by atoms with Crippen molar-refractivity contribution >= 4 is 28.4 Å². The molecular formula is C16H18N4O4S. The van der Waals surface area contributed by atoms with Gasteiger partial charge in [-0.15, -0.1) is 0 Å². The van der Waals surface area contributed by atoms with Gasteiger partial charge < -0.3 is 5.11 Å². The van der Waals surface area contributed by atoms with E-state index in [2.05, 4.69) is 15.4 Å². The molecule has 0 saturated heterocycles. The molecular weight excluding hydrogens is 344 g/mol. The van der Waals surface area contributed by atoms with Crippen molar-refractivity contribution < 1.29 is 14.8 Å². The Morgan fingerprint density at radius 3 is 2.96 bits per heavy atom. The average molecular weight is 362 g/mol.